The summed E-state index contributed by atoms with van der Waals surface area (Å²) in [7, 11) is 0. The molecule has 140 valence electrons. The summed E-state index contributed by atoms with van der Waals surface area (Å²) in [5, 5.41) is 0. The normalized spacial score (nSPS) is 20.3. The minimum atomic E-state index is -0.250. The number of nitrogens with zero attached hydrogens (tertiary/aromatic N) is 2. The largest absolute Gasteiger partial charge is 0.466 e. The molecule has 1 atom stereocenters. The molecule has 0 aliphatic carbocycles. The standard InChI is InChI=1S/C20H26N2O4/c1-2-26-19(24)14-17-6-3-4-12-22(17)20(25)15-8-10-16(11-9-15)21-13-5-7-18(21)23/h8-11,17H,2-7,12-14H2,1H3/t17-/m0/s1. The molecule has 0 spiro atoms. The molecule has 2 saturated heterocycles. The number of hydrogen-bond donors (Lipinski definition) is 0. The fraction of sp³-hybridized carbons (Fsp3) is 0.550. The van der Waals surface area contributed by atoms with Gasteiger partial charge in [-0.25, -0.2) is 0 Å². The summed E-state index contributed by atoms with van der Waals surface area (Å²) in [4.78, 5) is 40.2. The maximum Gasteiger partial charge on any atom is 0.307 e. The lowest BCUT2D eigenvalue weighted by Crippen LogP contribution is -2.45. The van der Waals surface area contributed by atoms with Gasteiger partial charge in [-0.1, -0.05) is 0 Å². The van der Waals surface area contributed by atoms with Crippen molar-refractivity contribution in [3.63, 3.8) is 0 Å². The van der Waals surface area contributed by atoms with E-state index in [-0.39, 0.29) is 30.2 Å². The number of likely N-dealkylation sites (tertiary alicyclic amines) is 1. The van der Waals surface area contributed by atoms with Gasteiger partial charge in [-0.3, -0.25) is 14.4 Å². The molecule has 26 heavy (non-hydrogen) atoms. The average molecular weight is 358 g/mol. The van der Waals surface area contributed by atoms with Gasteiger partial charge in [0.25, 0.3) is 5.91 Å². The fourth-order valence-corrected chi connectivity index (χ4v) is 3.76. The smallest absolute Gasteiger partial charge is 0.307 e. The summed E-state index contributed by atoms with van der Waals surface area (Å²) in [6.07, 6.45) is 4.51. The number of anilines is 1. The predicted molar refractivity (Wildman–Crippen MR) is 98.0 cm³/mol. The van der Waals surface area contributed by atoms with E-state index in [9.17, 15) is 14.4 Å². The van der Waals surface area contributed by atoms with Crippen LogP contribution in [0.5, 0.6) is 0 Å². The maximum atomic E-state index is 12.9. The summed E-state index contributed by atoms with van der Waals surface area (Å²) in [6.45, 7) is 3.54. The molecule has 1 aromatic rings. The predicted octanol–water partition coefficient (Wildman–Crippen LogP) is 2.76. The summed E-state index contributed by atoms with van der Waals surface area (Å²) in [6, 6.07) is 7.12. The van der Waals surface area contributed by atoms with Crippen molar-refractivity contribution in [2.75, 3.05) is 24.6 Å². The molecule has 2 amide bonds. The molecule has 2 heterocycles. The van der Waals surface area contributed by atoms with Gasteiger partial charge < -0.3 is 14.5 Å². The summed E-state index contributed by atoms with van der Waals surface area (Å²) in [5.74, 6) is -0.173. The van der Waals surface area contributed by atoms with Crippen LogP contribution in [0.1, 0.15) is 55.8 Å². The van der Waals surface area contributed by atoms with Crippen LogP contribution in [-0.4, -0.2) is 48.4 Å². The molecule has 2 fully saturated rings. The Kier molecular flexibility index (Phi) is 5.91. The Labute approximate surface area is 154 Å². The van der Waals surface area contributed by atoms with E-state index < -0.39 is 0 Å². The number of amides is 2. The molecule has 1 aromatic carbocycles. The number of piperidine rings is 1. The first kappa shape index (κ1) is 18.4. The molecule has 3 rings (SSSR count). The molecule has 0 saturated carbocycles. The van der Waals surface area contributed by atoms with E-state index in [0.717, 1.165) is 37.9 Å². The van der Waals surface area contributed by atoms with Crippen molar-refractivity contribution in [2.45, 2.75) is 51.5 Å². The van der Waals surface area contributed by atoms with Gasteiger partial charge in [0.1, 0.15) is 0 Å². The van der Waals surface area contributed by atoms with E-state index in [1.165, 1.54) is 0 Å². The Morgan fingerprint density at radius 2 is 1.88 bits per heavy atom. The van der Waals surface area contributed by atoms with Gasteiger partial charge in [0, 0.05) is 36.8 Å². The number of benzene rings is 1. The average Bonchev–Trinajstić information content (AvgIpc) is 3.08. The van der Waals surface area contributed by atoms with Gasteiger partial charge in [0.2, 0.25) is 5.91 Å². The van der Waals surface area contributed by atoms with Crippen LogP contribution in [0.4, 0.5) is 5.69 Å². The van der Waals surface area contributed by atoms with E-state index in [1.807, 2.05) is 12.1 Å². The maximum absolute atomic E-state index is 12.9. The molecule has 6 heteroatoms. The van der Waals surface area contributed by atoms with Crippen molar-refractivity contribution in [3.05, 3.63) is 29.8 Å². The first-order chi connectivity index (χ1) is 12.6. The molecular weight excluding hydrogens is 332 g/mol. The molecule has 0 radical (unpaired) electrons. The second kappa shape index (κ2) is 8.34. The molecule has 2 aliphatic rings. The lowest BCUT2D eigenvalue weighted by Gasteiger charge is -2.35. The highest BCUT2D eigenvalue weighted by molar-refractivity contribution is 5.97. The molecule has 0 bridgehead atoms. The molecule has 2 aliphatic heterocycles. The minimum absolute atomic E-state index is 0.0571. The van der Waals surface area contributed by atoms with Gasteiger partial charge in [-0.15, -0.1) is 0 Å². The highest BCUT2D eigenvalue weighted by atomic mass is 16.5. The summed E-state index contributed by atoms with van der Waals surface area (Å²) >= 11 is 0. The molecule has 6 nitrogen and oxygen atoms in total. The summed E-state index contributed by atoms with van der Waals surface area (Å²) in [5.41, 5.74) is 1.43. The second-order valence-electron chi connectivity index (χ2n) is 6.85. The second-order valence-corrected chi connectivity index (χ2v) is 6.85. The van der Waals surface area contributed by atoms with Crippen LogP contribution < -0.4 is 4.90 Å². The van der Waals surface area contributed by atoms with Gasteiger partial charge in [0.05, 0.1) is 13.0 Å². The zero-order valence-corrected chi connectivity index (χ0v) is 15.3. The Balaban J connectivity index is 1.70. The minimum Gasteiger partial charge on any atom is -0.466 e. The molecule has 0 aromatic heterocycles. The van der Waals surface area contributed by atoms with Crippen LogP contribution in [0.25, 0.3) is 0 Å². The van der Waals surface area contributed by atoms with Crippen molar-refractivity contribution >= 4 is 23.5 Å². The van der Waals surface area contributed by atoms with E-state index >= 15 is 0 Å². The highest BCUT2D eigenvalue weighted by Crippen LogP contribution is 2.25. The van der Waals surface area contributed by atoms with Crippen LogP contribution in [0.3, 0.4) is 0 Å². The quantitative estimate of drug-likeness (QED) is 0.759. The van der Waals surface area contributed by atoms with Gasteiger partial charge in [-0.2, -0.15) is 0 Å². The van der Waals surface area contributed by atoms with E-state index in [0.29, 0.717) is 25.1 Å². The van der Waals surface area contributed by atoms with E-state index in [4.69, 9.17) is 4.74 Å². The van der Waals surface area contributed by atoms with Gasteiger partial charge in [0.15, 0.2) is 0 Å². The number of rotatable bonds is 5. The van der Waals surface area contributed by atoms with Crippen LogP contribution in [0.15, 0.2) is 24.3 Å². The molecule has 0 N–H and O–H groups in total. The first-order valence-corrected chi connectivity index (χ1v) is 9.47. The number of esters is 1. The van der Waals surface area contributed by atoms with Crippen molar-refractivity contribution in [1.29, 1.82) is 0 Å². The van der Waals surface area contributed by atoms with Gasteiger partial charge in [-0.05, 0) is 56.9 Å². The zero-order valence-electron chi connectivity index (χ0n) is 15.3. The van der Waals surface area contributed by atoms with Crippen molar-refractivity contribution < 1.29 is 19.1 Å². The monoisotopic (exact) mass is 358 g/mol. The number of ether oxygens (including phenoxy) is 1. The zero-order chi connectivity index (χ0) is 18.5. The SMILES string of the molecule is CCOC(=O)C[C@@H]1CCCCN1C(=O)c1ccc(N2CCCC2=O)cc1. The van der Waals surface area contributed by atoms with Crippen LogP contribution in [0.2, 0.25) is 0 Å². The Bertz CT molecular complexity index is 671. The lowest BCUT2D eigenvalue weighted by molar-refractivity contribution is -0.144. The van der Waals surface area contributed by atoms with E-state index in [1.54, 1.807) is 28.9 Å². The van der Waals surface area contributed by atoms with Crippen molar-refractivity contribution in [2.24, 2.45) is 0 Å². The van der Waals surface area contributed by atoms with Crippen LogP contribution in [0, 0.1) is 0 Å². The van der Waals surface area contributed by atoms with Crippen LogP contribution in [-0.2, 0) is 14.3 Å². The third-order valence-corrected chi connectivity index (χ3v) is 5.09. The van der Waals surface area contributed by atoms with Crippen molar-refractivity contribution in [1.82, 2.24) is 4.90 Å². The molecule has 0 unspecified atom stereocenters. The van der Waals surface area contributed by atoms with Crippen LogP contribution >= 0.6 is 0 Å². The number of carbonyl (C=O) groups is 3. The fourth-order valence-electron chi connectivity index (χ4n) is 3.76. The third kappa shape index (κ3) is 4.06. The Hall–Kier alpha value is -2.37. The number of hydrogen-bond acceptors (Lipinski definition) is 4. The topological polar surface area (TPSA) is 66.9 Å². The van der Waals surface area contributed by atoms with Gasteiger partial charge >= 0.3 is 5.97 Å². The first-order valence-electron chi connectivity index (χ1n) is 9.47. The summed E-state index contributed by atoms with van der Waals surface area (Å²) < 4.78 is 5.05. The van der Waals surface area contributed by atoms with Crippen molar-refractivity contribution in [3.8, 4) is 0 Å². The van der Waals surface area contributed by atoms with E-state index in [2.05, 4.69) is 0 Å². The molecular formula is C20H26N2O4. The Morgan fingerprint density at radius 3 is 2.54 bits per heavy atom. The number of carbonyl (C=O) groups excluding carboxylic acids is 3. The Morgan fingerprint density at radius 1 is 1.12 bits per heavy atom. The highest BCUT2D eigenvalue weighted by Gasteiger charge is 2.30. The third-order valence-electron chi connectivity index (χ3n) is 5.09. The lowest BCUT2D eigenvalue weighted by atomic mass is 9.98.